The van der Waals surface area contributed by atoms with Crippen LogP contribution in [0.25, 0.3) is 5.73 Å². The molecule has 0 aromatic carbocycles. The van der Waals surface area contributed by atoms with Crippen molar-refractivity contribution < 1.29 is 32.7 Å². The van der Waals surface area contributed by atoms with Gasteiger partial charge in [0, 0.05) is 0 Å². The minimum absolute atomic E-state index is 0. The van der Waals surface area contributed by atoms with Crippen molar-refractivity contribution in [3.05, 3.63) is 32.7 Å². The van der Waals surface area contributed by atoms with E-state index in [4.69, 9.17) is 5.73 Å². The monoisotopic (exact) mass is 290 g/mol. The molecule has 1 aromatic heterocycles. The summed E-state index contributed by atoms with van der Waals surface area (Å²) in [6.45, 7) is 0. The smallest absolute Gasteiger partial charge is 0.482 e. The van der Waals surface area contributed by atoms with Gasteiger partial charge in [-0.25, -0.2) is 0 Å². The number of nitrogens with zero attached hydrogens (tertiary/aromatic N) is 1. The van der Waals surface area contributed by atoms with E-state index in [1.807, 2.05) is 0 Å². The number of rotatable bonds is 0. The number of pyridine rings is 1. The number of halogens is 1. The normalized spacial score (nSPS) is 8.91. The van der Waals surface area contributed by atoms with Gasteiger partial charge in [0.05, 0.1) is 4.47 Å². The van der Waals surface area contributed by atoms with E-state index in [-0.39, 0.29) is 44.1 Å². The Morgan fingerprint density at radius 1 is 1.55 bits per heavy atom. The quantitative estimate of drug-likeness (QED) is 0.719. The molecule has 0 radical (unpaired) electrons. The summed E-state index contributed by atoms with van der Waals surface area (Å²) in [7, 11) is 1.56. The minimum Gasteiger partial charge on any atom is -0.482 e. The van der Waals surface area contributed by atoms with Crippen molar-refractivity contribution in [1.29, 1.82) is 0 Å². The SMILES string of the molecule is Cn1c([NH-])ccc(Br)c1=O.[Y+3]. The molecule has 0 bridgehead atoms. The molecule has 1 rings (SSSR count). The van der Waals surface area contributed by atoms with Gasteiger partial charge in [-0.15, -0.1) is 0 Å². The summed E-state index contributed by atoms with van der Waals surface area (Å²) in [4.78, 5) is 11.0. The maximum Gasteiger partial charge on any atom is 3.00 e. The topological polar surface area (TPSA) is 45.8 Å². The van der Waals surface area contributed by atoms with E-state index in [2.05, 4.69) is 15.9 Å². The summed E-state index contributed by atoms with van der Waals surface area (Å²) < 4.78 is 1.76. The molecule has 54 valence electrons. The molecule has 1 aromatic rings. The Morgan fingerprint density at radius 2 is 2.09 bits per heavy atom. The second-order valence-corrected chi connectivity index (χ2v) is 2.79. The molecule has 0 aliphatic rings. The van der Waals surface area contributed by atoms with Gasteiger partial charge in [0.1, 0.15) is 0 Å². The van der Waals surface area contributed by atoms with Crippen LogP contribution in [0.1, 0.15) is 0 Å². The number of hydrogen-bond acceptors (Lipinski definition) is 1. The average molecular weight is 291 g/mol. The van der Waals surface area contributed by atoms with Gasteiger partial charge in [0.25, 0.3) is 0 Å². The third kappa shape index (κ3) is 2.39. The molecule has 0 atom stereocenters. The van der Waals surface area contributed by atoms with Crippen LogP contribution in [0.15, 0.2) is 21.4 Å². The molecule has 0 unspecified atom stereocenters. The van der Waals surface area contributed by atoms with Crippen LogP contribution in [0.2, 0.25) is 0 Å². The van der Waals surface area contributed by atoms with Crippen LogP contribution in [-0.4, -0.2) is 4.57 Å². The largest absolute Gasteiger partial charge is 3.00 e. The molecule has 0 saturated carbocycles. The fraction of sp³-hybridized carbons (Fsp3) is 0.167. The number of nitrogens with one attached hydrogen (secondary N) is 1. The standard InChI is InChI=1S/C6H7BrN2O.Y/c1-9-5(8)3-2-4(7)6(9)10;/h2-3H,1H3,(H2,8,10);/q;+3/p-1. The van der Waals surface area contributed by atoms with Crippen molar-refractivity contribution >= 4 is 21.7 Å². The molecule has 0 amide bonds. The number of aromatic nitrogens is 1. The molecule has 0 fully saturated rings. The summed E-state index contributed by atoms with van der Waals surface area (Å²) in [6.07, 6.45) is 0. The first-order chi connectivity index (χ1) is 4.63. The fourth-order valence-corrected chi connectivity index (χ4v) is 1.00. The molecular weight excluding hydrogens is 285 g/mol. The van der Waals surface area contributed by atoms with Gasteiger partial charge in [-0.3, -0.25) is 4.79 Å². The first kappa shape index (κ1) is 11.3. The van der Waals surface area contributed by atoms with Gasteiger partial charge < -0.3 is 10.3 Å². The Kier molecular flexibility index (Phi) is 4.51. The van der Waals surface area contributed by atoms with E-state index < -0.39 is 0 Å². The maximum absolute atomic E-state index is 11.0. The van der Waals surface area contributed by atoms with E-state index in [9.17, 15) is 4.79 Å². The van der Waals surface area contributed by atoms with Crippen molar-refractivity contribution in [2.45, 2.75) is 0 Å². The van der Waals surface area contributed by atoms with Crippen molar-refractivity contribution in [2.75, 3.05) is 0 Å². The van der Waals surface area contributed by atoms with E-state index in [1.165, 1.54) is 4.57 Å². The van der Waals surface area contributed by atoms with Crippen LogP contribution in [0.4, 0.5) is 5.82 Å². The molecule has 0 aliphatic heterocycles. The molecular formula is C6H6BrN2OY+2. The van der Waals surface area contributed by atoms with Gasteiger partial charge in [-0.05, 0) is 22.0 Å². The van der Waals surface area contributed by atoms with Crippen LogP contribution < -0.4 is 5.56 Å². The average Bonchev–Trinajstić information content (AvgIpc) is 1.93. The van der Waals surface area contributed by atoms with Crippen LogP contribution in [-0.2, 0) is 39.8 Å². The van der Waals surface area contributed by atoms with Crippen LogP contribution in [0.3, 0.4) is 0 Å². The Balaban J connectivity index is 0.000001000. The fourth-order valence-electron chi connectivity index (χ4n) is 0.605. The molecule has 3 nitrogen and oxygen atoms in total. The molecule has 0 aliphatic carbocycles. The molecule has 11 heavy (non-hydrogen) atoms. The van der Waals surface area contributed by atoms with Crippen LogP contribution in [0, 0.1) is 0 Å². The summed E-state index contributed by atoms with van der Waals surface area (Å²) in [6, 6.07) is 3.14. The van der Waals surface area contributed by atoms with Crippen LogP contribution in [0.5, 0.6) is 0 Å². The Morgan fingerprint density at radius 3 is 2.55 bits per heavy atom. The predicted octanol–water partition coefficient (Wildman–Crippen LogP) is 1.83. The van der Waals surface area contributed by atoms with Gasteiger partial charge in [0.2, 0.25) is 0 Å². The van der Waals surface area contributed by atoms with E-state index in [0.717, 1.165) is 0 Å². The zero-order chi connectivity index (χ0) is 7.72. The zero-order valence-electron chi connectivity index (χ0n) is 5.97. The molecule has 0 saturated heterocycles. The summed E-state index contributed by atoms with van der Waals surface area (Å²) in [5.74, 6) is 0.216. The molecule has 1 heterocycles. The van der Waals surface area contributed by atoms with Crippen molar-refractivity contribution in [3.63, 3.8) is 0 Å². The molecule has 5 heteroatoms. The maximum atomic E-state index is 11.0. The summed E-state index contributed by atoms with van der Waals surface area (Å²) in [5.41, 5.74) is 7.03. The van der Waals surface area contributed by atoms with Crippen molar-refractivity contribution in [1.82, 2.24) is 4.57 Å². The Hall–Kier alpha value is 0.334. The molecule has 0 spiro atoms. The van der Waals surface area contributed by atoms with Gasteiger partial charge in [0.15, 0.2) is 5.56 Å². The molecule has 1 N–H and O–H groups in total. The Bertz CT molecular complexity index is 310. The van der Waals surface area contributed by atoms with Crippen molar-refractivity contribution in [2.24, 2.45) is 7.05 Å². The van der Waals surface area contributed by atoms with E-state index >= 15 is 0 Å². The third-order valence-electron chi connectivity index (χ3n) is 1.26. The predicted molar refractivity (Wildman–Crippen MR) is 43.4 cm³/mol. The zero-order valence-corrected chi connectivity index (χ0v) is 10.4. The van der Waals surface area contributed by atoms with E-state index in [1.54, 1.807) is 19.2 Å². The van der Waals surface area contributed by atoms with Gasteiger partial charge >= 0.3 is 32.7 Å². The van der Waals surface area contributed by atoms with Gasteiger partial charge in [-0.1, -0.05) is 18.9 Å². The summed E-state index contributed by atoms with van der Waals surface area (Å²) >= 11 is 3.06. The minimum atomic E-state index is -0.174. The number of hydrogen-bond donors (Lipinski definition) is 0. The Labute approximate surface area is 98.0 Å². The second-order valence-electron chi connectivity index (χ2n) is 1.93. The van der Waals surface area contributed by atoms with Crippen molar-refractivity contribution in [3.8, 4) is 0 Å². The van der Waals surface area contributed by atoms with E-state index in [0.29, 0.717) is 4.47 Å². The first-order valence-corrected chi connectivity index (χ1v) is 3.49. The first-order valence-electron chi connectivity index (χ1n) is 2.70. The summed E-state index contributed by atoms with van der Waals surface area (Å²) in [5, 5.41) is 0. The van der Waals surface area contributed by atoms with Crippen LogP contribution >= 0.6 is 15.9 Å². The third-order valence-corrected chi connectivity index (χ3v) is 1.86. The second kappa shape index (κ2) is 4.38. The van der Waals surface area contributed by atoms with Gasteiger partial charge in [-0.2, -0.15) is 0 Å².